The molecule has 1 aliphatic heterocycles. The van der Waals surface area contributed by atoms with Crippen LogP contribution in [0.4, 0.5) is 15.8 Å². The van der Waals surface area contributed by atoms with E-state index in [2.05, 4.69) is 5.32 Å². The Morgan fingerprint density at radius 1 is 1.30 bits per heavy atom. The first-order valence-electron chi connectivity index (χ1n) is 7.09. The highest BCUT2D eigenvalue weighted by Crippen LogP contribution is 2.35. The molecule has 6 heteroatoms. The number of benzene rings is 2. The molecule has 118 valence electrons. The molecule has 4 nitrogen and oxygen atoms in total. The van der Waals surface area contributed by atoms with E-state index in [0.717, 1.165) is 11.3 Å². The molecule has 1 heterocycles. The second kappa shape index (κ2) is 6.01. The lowest BCUT2D eigenvalue weighted by atomic mass is 9.89. The highest BCUT2D eigenvalue weighted by Gasteiger charge is 2.33. The summed E-state index contributed by atoms with van der Waals surface area (Å²) in [6, 6.07) is 11.3. The quantitative estimate of drug-likeness (QED) is 0.914. The van der Waals surface area contributed by atoms with Crippen LogP contribution >= 0.6 is 11.6 Å². The minimum absolute atomic E-state index is 0.0670. The highest BCUT2D eigenvalue weighted by atomic mass is 35.5. The van der Waals surface area contributed by atoms with Gasteiger partial charge in [0.25, 0.3) is 0 Å². The Morgan fingerprint density at radius 3 is 2.78 bits per heavy atom. The minimum atomic E-state index is -0.585. The van der Waals surface area contributed by atoms with Crippen LogP contribution in [0, 0.1) is 5.82 Å². The van der Waals surface area contributed by atoms with Crippen molar-refractivity contribution in [2.24, 2.45) is 0 Å². The number of anilines is 2. The van der Waals surface area contributed by atoms with E-state index < -0.39 is 11.7 Å². The average molecular weight is 333 g/mol. The van der Waals surface area contributed by atoms with Crippen molar-refractivity contribution in [2.75, 3.05) is 17.3 Å². The molecule has 0 spiro atoms. The Kier molecular flexibility index (Phi) is 4.05. The first-order valence-corrected chi connectivity index (χ1v) is 7.46. The number of fused-ring (bicyclic) bond motifs is 1. The zero-order valence-electron chi connectivity index (χ0n) is 12.3. The number of rotatable bonds is 2. The molecule has 1 aliphatic rings. The van der Waals surface area contributed by atoms with Crippen molar-refractivity contribution in [3.05, 3.63) is 58.9 Å². The summed E-state index contributed by atoms with van der Waals surface area (Å²) in [6.07, 6.45) is 0.0915. The molecule has 0 bridgehead atoms. The second-order valence-corrected chi connectivity index (χ2v) is 5.79. The van der Waals surface area contributed by atoms with Crippen LogP contribution in [0.3, 0.4) is 0 Å². The molecule has 1 unspecified atom stereocenters. The van der Waals surface area contributed by atoms with Gasteiger partial charge in [-0.05, 0) is 29.8 Å². The standard InChI is InChI=1S/C17H14ClFN2O2/c1-21-15-5-3-2-4-11(15)12(9-16(21)22)17(23)20-10-6-7-14(19)13(18)8-10/h2-8,12H,9H2,1H3,(H,20,23). The number of para-hydroxylation sites is 1. The van der Waals surface area contributed by atoms with E-state index in [-0.39, 0.29) is 23.3 Å². The monoisotopic (exact) mass is 332 g/mol. The number of nitrogens with zero attached hydrogens (tertiary/aromatic N) is 1. The van der Waals surface area contributed by atoms with Crippen LogP contribution in [0.15, 0.2) is 42.5 Å². The van der Waals surface area contributed by atoms with Gasteiger partial charge in [0, 0.05) is 24.8 Å². The summed E-state index contributed by atoms with van der Waals surface area (Å²) in [5, 5.41) is 2.63. The third-order valence-corrected chi connectivity index (χ3v) is 4.22. The van der Waals surface area contributed by atoms with Gasteiger partial charge in [-0.2, -0.15) is 0 Å². The lowest BCUT2D eigenvalue weighted by Gasteiger charge is -2.30. The van der Waals surface area contributed by atoms with Gasteiger partial charge in [-0.3, -0.25) is 9.59 Å². The fourth-order valence-corrected chi connectivity index (χ4v) is 2.86. The second-order valence-electron chi connectivity index (χ2n) is 5.39. The van der Waals surface area contributed by atoms with E-state index in [1.54, 1.807) is 18.0 Å². The number of hydrogen-bond donors (Lipinski definition) is 1. The fraction of sp³-hybridized carbons (Fsp3) is 0.176. The number of nitrogens with one attached hydrogen (secondary N) is 1. The molecule has 0 fully saturated rings. The number of carbonyl (C=O) groups is 2. The molecular weight excluding hydrogens is 319 g/mol. The van der Waals surface area contributed by atoms with Gasteiger partial charge in [0.05, 0.1) is 10.9 Å². The molecule has 2 aromatic rings. The van der Waals surface area contributed by atoms with Gasteiger partial charge in [-0.1, -0.05) is 29.8 Å². The van der Waals surface area contributed by atoms with Crippen molar-refractivity contribution in [2.45, 2.75) is 12.3 Å². The summed E-state index contributed by atoms with van der Waals surface area (Å²) in [7, 11) is 1.69. The Hall–Kier alpha value is -2.40. The molecule has 23 heavy (non-hydrogen) atoms. The van der Waals surface area contributed by atoms with Crippen LogP contribution in [0.1, 0.15) is 17.9 Å². The van der Waals surface area contributed by atoms with Crippen molar-refractivity contribution >= 4 is 34.8 Å². The number of hydrogen-bond acceptors (Lipinski definition) is 2. The van der Waals surface area contributed by atoms with Crippen molar-refractivity contribution < 1.29 is 14.0 Å². The molecule has 0 saturated carbocycles. The van der Waals surface area contributed by atoms with E-state index >= 15 is 0 Å². The first-order chi connectivity index (χ1) is 11.0. The molecule has 3 rings (SSSR count). The van der Waals surface area contributed by atoms with Crippen molar-refractivity contribution in [3.63, 3.8) is 0 Å². The molecule has 1 atom stereocenters. The predicted octanol–water partition coefficient (Wildman–Crippen LogP) is 3.57. The van der Waals surface area contributed by atoms with Gasteiger partial charge in [0.2, 0.25) is 11.8 Å². The fourth-order valence-electron chi connectivity index (χ4n) is 2.68. The van der Waals surface area contributed by atoms with Crippen molar-refractivity contribution in [1.29, 1.82) is 0 Å². The largest absolute Gasteiger partial charge is 0.325 e. The molecule has 0 saturated heterocycles. The maximum absolute atomic E-state index is 13.2. The van der Waals surface area contributed by atoms with Crippen LogP contribution in [0.2, 0.25) is 5.02 Å². The summed E-state index contributed by atoms with van der Waals surface area (Å²) < 4.78 is 13.2. The molecule has 0 aromatic heterocycles. The van der Waals surface area contributed by atoms with Gasteiger partial charge >= 0.3 is 0 Å². The van der Waals surface area contributed by atoms with Crippen LogP contribution in [0.25, 0.3) is 0 Å². The first kappa shape index (κ1) is 15.5. The van der Waals surface area contributed by atoms with Crippen LogP contribution in [-0.4, -0.2) is 18.9 Å². The Labute approximate surface area is 137 Å². The van der Waals surface area contributed by atoms with Crippen molar-refractivity contribution in [3.8, 4) is 0 Å². The molecule has 1 N–H and O–H groups in total. The highest BCUT2D eigenvalue weighted by molar-refractivity contribution is 6.31. The molecule has 2 aromatic carbocycles. The minimum Gasteiger partial charge on any atom is -0.325 e. The van der Waals surface area contributed by atoms with E-state index in [9.17, 15) is 14.0 Å². The summed E-state index contributed by atoms with van der Waals surface area (Å²) in [5.74, 6) is -1.58. The van der Waals surface area contributed by atoms with Gasteiger partial charge in [-0.15, -0.1) is 0 Å². The Morgan fingerprint density at radius 2 is 2.04 bits per heavy atom. The van der Waals surface area contributed by atoms with Gasteiger partial charge in [0.15, 0.2) is 0 Å². The maximum Gasteiger partial charge on any atom is 0.232 e. The SMILES string of the molecule is CN1C(=O)CC(C(=O)Nc2ccc(F)c(Cl)c2)c2ccccc21. The normalized spacial score (nSPS) is 16.9. The predicted molar refractivity (Wildman–Crippen MR) is 87.2 cm³/mol. The third-order valence-electron chi connectivity index (χ3n) is 3.93. The molecule has 2 amide bonds. The summed E-state index contributed by atoms with van der Waals surface area (Å²) >= 11 is 5.72. The van der Waals surface area contributed by atoms with Crippen molar-refractivity contribution in [1.82, 2.24) is 0 Å². The van der Waals surface area contributed by atoms with Gasteiger partial charge in [0.1, 0.15) is 5.82 Å². The molecular formula is C17H14ClFN2O2. The summed E-state index contributed by atoms with van der Waals surface area (Å²) in [5.41, 5.74) is 1.91. The van der Waals surface area contributed by atoms with Crippen LogP contribution in [-0.2, 0) is 9.59 Å². The summed E-state index contributed by atoms with van der Waals surface area (Å²) in [6.45, 7) is 0. The zero-order valence-corrected chi connectivity index (χ0v) is 13.1. The maximum atomic E-state index is 13.2. The lowest BCUT2D eigenvalue weighted by molar-refractivity contribution is -0.124. The van der Waals surface area contributed by atoms with Crippen LogP contribution < -0.4 is 10.2 Å². The number of amides is 2. The Balaban J connectivity index is 1.89. The molecule has 0 radical (unpaired) electrons. The van der Waals surface area contributed by atoms with E-state index in [1.807, 2.05) is 18.2 Å². The molecule has 0 aliphatic carbocycles. The van der Waals surface area contributed by atoms with E-state index in [0.29, 0.717) is 5.69 Å². The number of carbonyl (C=O) groups excluding carboxylic acids is 2. The topological polar surface area (TPSA) is 49.4 Å². The zero-order chi connectivity index (χ0) is 16.6. The van der Waals surface area contributed by atoms with E-state index in [4.69, 9.17) is 11.6 Å². The van der Waals surface area contributed by atoms with Gasteiger partial charge in [-0.25, -0.2) is 4.39 Å². The van der Waals surface area contributed by atoms with Crippen LogP contribution in [0.5, 0.6) is 0 Å². The number of halogens is 2. The summed E-state index contributed by atoms with van der Waals surface area (Å²) in [4.78, 5) is 26.2. The lowest BCUT2D eigenvalue weighted by Crippen LogP contribution is -2.37. The average Bonchev–Trinajstić information content (AvgIpc) is 2.54. The van der Waals surface area contributed by atoms with Gasteiger partial charge < -0.3 is 10.2 Å². The van der Waals surface area contributed by atoms with E-state index in [1.165, 1.54) is 18.2 Å². The third kappa shape index (κ3) is 2.92. The smallest absolute Gasteiger partial charge is 0.232 e. The Bertz CT molecular complexity index is 794.